The molecule has 1 aromatic rings. The van der Waals surface area contributed by atoms with Gasteiger partial charge in [-0.1, -0.05) is 0 Å². The number of anilines is 1. The molecule has 0 unspecified atom stereocenters. The fourth-order valence-corrected chi connectivity index (χ4v) is 3.10. The molecular formula is C16H21FN4O2. The van der Waals surface area contributed by atoms with Crippen LogP contribution in [0.15, 0.2) is 18.5 Å². The minimum Gasteiger partial charge on any atom is -0.338 e. The number of halogens is 1. The Hall–Kier alpha value is -2.18. The third-order valence-corrected chi connectivity index (χ3v) is 4.45. The fourth-order valence-electron chi connectivity index (χ4n) is 3.10. The van der Waals surface area contributed by atoms with Crippen molar-refractivity contribution < 1.29 is 14.0 Å². The SMILES string of the molecule is CC(=O)N(C[C@H]1CCCN1C(=O)Nc1ccncc1F)C1CC1. The van der Waals surface area contributed by atoms with Crippen molar-refractivity contribution >= 4 is 17.6 Å². The van der Waals surface area contributed by atoms with Crippen molar-refractivity contribution in [2.75, 3.05) is 18.4 Å². The molecule has 0 bridgehead atoms. The van der Waals surface area contributed by atoms with Gasteiger partial charge in [0.05, 0.1) is 17.9 Å². The van der Waals surface area contributed by atoms with Crippen molar-refractivity contribution in [3.8, 4) is 0 Å². The van der Waals surface area contributed by atoms with E-state index in [0.717, 1.165) is 31.9 Å². The normalized spacial score (nSPS) is 20.4. The third-order valence-electron chi connectivity index (χ3n) is 4.45. The summed E-state index contributed by atoms with van der Waals surface area (Å²) in [6, 6.07) is 1.43. The van der Waals surface area contributed by atoms with Crippen molar-refractivity contribution in [2.45, 2.75) is 44.7 Å². The van der Waals surface area contributed by atoms with Crippen LogP contribution in [0.25, 0.3) is 0 Å². The second-order valence-corrected chi connectivity index (χ2v) is 6.18. The van der Waals surface area contributed by atoms with Crippen LogP contribution in [-0.4, -0.2) is 51.9 Å². The number of pyridine rings is 1. The maximum atomic E-state index is 13.6. The van der Waals surface area contributed by atoms with Crippen molar-refractivity contribution in [2.24, 2.45) is 0 Å². The minimum absolute atomic E-state index is 0.00982. The highest BCUT2D eigenvalue weighted by Gasteiger charge is 2.36. The highest BCUT2D eigenvalue weighted by atomic mass is 19.1. The third kappa shape index (κ3) is 3.60. The van der Waals surface area contributed by atoms with Crippen molar-refractivity contribution in [3.63, 3.8) is 0 Å². The number of carbonyl (C=O) groups is 2. The van der Waals surface area contributed by atoms with Crippen molar-refractivity contribution in [1.29, 1.82) is 0 Å². The molecule has 23 heavy (non-hydrogen) atoms. The van der Waals surface area contributed by atoms with Crippen LogP contribution >= 0.6 is 0 Å². The Bertz CT molecular complexity index is 605. The van der Waals surface area contributed by atoms with E-state index >= 15 is 0 Å². The summed E-state index contributed by atoms with van der Waals surface area (Å²) >= 11 is 0. The van der Waals surface area contributed by atoms with E-state index in [0.29, 0.717) is 19.1 Å². The van der Waals surface area contributed by atoms with Gasteiger partial charge < -0.3 is 15.1 Å². The molecule has 1 saturated heterocycles. The lowest BCUT2D eigenvalue weighted by molar-refractivity contribution is -0.130. The molecule has 1 aliphatic heterocycles. The quantitative estimate of drug-likeness (QED) is 0.925. The summed E-state index contributed by atoms with van der Waals surface area (Å²) in [5, 5.41) is 2.60. The number of hydrogen-bond donors (Lipinski definition) is 1. The molecule has 0 spiro atoms. The number of aromatic nitrogens is 1. The summed E-state index contributed by atoms with van der Waals surface area (Å²) in [7, 11) is 0. The number of rotatable bonds is 4. The van der Waals surface area contributed by atoms with Crippen LogP contribution < -0.4 is 5.32 Å². The highest BCUT2D eigenvalue weighted by molar-refractivity contribution is 5.89. The molecule has 1 aromatic heterocycles. The molecule has 2 fully saturated rings. The van der Waals surface area contributed by atoms with E-state index in [9.17, 15) is 14.0 Å². The van der Waals surface area contributed by atoms with Crippen LogP contribution in [0.2, 0.25) is 0 Å². The predicted molar refractivity (Wildman–Crippen MR) is 83.4 cm³/mol. The first-order valence-electron chi connectivity index (χ1n) is 8.00. The van der Waals surface area contributed by atoms with E-state index in [4.69, 9.17) is 0 Å². The molecule has 7 heteroatoms. The minimum atomic E-state index is -0.556. The molecule has 2 heterocycles. The van der Waals surface area contributed by atoms with E-state index in [1.165, 1.54) is 12.3 Å². The lowest BCUT2D eigenvalue weighted by atomic mass is 10.2. The Morgan fingerprint density at radius 2 is 2.22 bits per heavy atom. The van der Waals surface area contributed by atoms with E-state index in [1.54, 1.807) is 11.8 Å². The maximum Gasteiger partial charge on any atom is 0.322 e. The Balaban J connectivity index is 1.65. The standard InChI is InChI=1S/C16H21FN4O2/c1-11(22)21(12-4-5-12)10-13-3-2-8-20(13)16(23)19-15-6-7-18-9-14(15)17/h6-7,9,12-13H,2-5,8,10H2,1H3,(H,18,19,23)/t13-/m1/s1. The van der Waals surface area contributed by atoms with Gasteiger partial charge >= 0.3 is 6.03 Å². The summed E-state index contributed by atoms with van der Waals surface area (Å²) in [5.41, 5.74) is 0.126. The van der Waals surface area contributed by atoms with Gasteiger partial charge in [-0.3, -0.25) is 9.78 Å². The van der Waals surface area contributed by atoms with Gasteiger partial charge in [0.25, 0.3) is 0 Å². The molecule has 3 rings (SSSR count). The largest absolute Gasteiger partial charge is 0.338 e. The van der Waals surface area contributed by atoms with Gasteiger partial charge in [-0.25, -0.2) is 9.18 Å². The van der Waals surface area contributed by atoms with E-state index in [1.807, 2.05) is 4.90 Å². The molecule has 3 amide bonds. The molecule has 2 aliphatic rings. The molecule has 0 radical (unpaired) electrons. The molecule has 1 saturated carbocycles. The Labute approximate surface area is 134 Å². The van der Waals surface area contributed by atoms with Gasteiger partial charge in [-0.15, -0.1) is 0 Å². The van der Waals surface area contributed by atoms with Crippen molar-refractivity contribution in [1.82, 2.24) is 14.8 Å². The van der Waals surface area contributed by atoms with Gasteiger partial charge in [-0.05, 0) is 31.7 Å². The van der Waals surface area contributed by atoms with Gasteiger partial charge in [0.1, 0.15) is 0 Å². The number of nitrogens with one attached hydrogen (secondary N) is 1. The smallest absolute Gasteiger partial charge is 0.322 e. The molecule has 1 N–H and O–H groups in total. The maximum absolute atomic E-state index is 13.6. The zero-order valence-corrected chi connectivity index (χ0v) is 13.2. The van der Waals surface area contributed by atoms with Gasteiger partial charge in [0, 0.05) is 32.3 Å². The van der Waals surface area contributed by atoms with Crippen LogP contribution in [0, 0.1) is 5.82 Å². The van der Waals surface area contributed by atoms with Crippen molar-refractivity contribution in [3.05, 3.63) is 24.3 Å². The average Bonchev–Trinajstić information content (AvgIpc) is 3.24. The fraction of sp³-hybridized carbons (Fsp3) is 0.562. The van der Waals surface area contributed by atoms with Crippen LogP contribution in [-0.2, 0) is 4.79 Å². The van der Waals surface area contributed by atoms with Crippen LogP contribution in [0.5, 0.6) is 0 Å². The second kappa shape index (κ2) is 6.52. The highest BCUT2D eigenvalue weighted by Crippen LogP contribution is 2.29. The number of urea groups is 1. The summed E-state index contributed by atoms with van der Waals surface area (Å²) in [6.07, 6.45) is 6.35. The van der Waals surface area contributed by atoms with E-state index < -0.39 is 5.82 Å². The summed E-state index contributed by atoms with van der Waals surface area (Å²) in [4.78, 5) is 31.5. The first-order valence-corrected chi connectivity index (χ1v) is 8.00. The number of hydrogen-bond acceptors (Lipinski definition) is 3. The first-order chi connectivity index (χ1) is 11.1. The summed E-state index contributed by atoms with van der Waals surface area (Å²) in [6.45, 7) is 2.76. The lowest BCUT2D eigenvalue weighted by Gasteiger charge is -2.30. The zero-order valence-electron chi connectivity index (χ0n) is 13.2. The predicted octanol–water partition coefficient (Wildman–Crippen LogP) is 2.23. The monoisotopic (exact) mass is 320 g/mol. The van der Waals surface area contributed by atoms with Crippen LogP contribution in [0.3, 0.4) is 0 Å². The second-order valence-electron chi connectivity index (χ2n) is 6.18. The van der Waals surface area contributed by atoms with Gasteiger partial charge in [0.15, 0.2) is 5.82 Å². The molecular weight excluding hydrogens is 299 g/mol. The summed E-state index contributed by atoms with van der Waals surface area (Å²) in [5.74, 6) is -0.500. The number of amides is 3. The Morgan fingerprint density at radius 1 is 1.43 bits per heavy atom. The Kier molecular flexibility index (Phi) is 4.45. The number of nitrogens with zero attached hydrogens (tertiary/aromatic N) is 3. The van der Waals surface area contributed by atoms with Gasteiger partial charge in [0.2, 0.25) is 5.91 Å². The van der Waals surface area contributed by atoms with Gasteiger partial charge in [-0.2, -0.15) is 0 Å². The van der Waals surface area contributed by atoms with Crippen LogP contribution in [0.4, 0.5) is 14.9 Å². The van der Waals surface area contributed by atoms with E-state index in [-0.39, 0.29) is 23.7 Å². The lowest BCUT2D eigenvalue weighted by Crippen LogP contribution is -2.46. The Morgan fingerprint density at radius 3 is 2.87 bits per heavy atom. The molecule has 124 valence electrons. The van der Waals surface area contributed by atoms with E-state index in [2.05, 4.69) is 10.3 Å². The molecule has 1 atom stereocenters. The first kappa shape index (κ1) is 15.7. The molecule has 0 aromatic carbocycles. The molecule has 6 nitrogen and oxygen atoms in total. The topological polar surface area (TPSA) is 65.5 Å². The number of carbonyl (C=O) groups excluding carboxylic acids is 2. The van der Waals surface area contributed by atoms with Crippen LogP contribution in [0.1, 0.15) is 32.6 Å². The summed E-state index contributed by atoms with van der Waals surface area (Å²) < 4.78 is 13.6. The zero-order chi connectivity index (χ0) is 16.4. The molecule has 1 aliphatic carbocycles. The number of likely N-dealkylation sites (tertiary alicyclic amines) is 1. The average molecular weight is 320 g/mol.